The number of benzene rings is 2. The van der Waals surface area contributed by atoms with Crippen LogP contribution >= 0.6 is 27.3 Å². The number of allylic oxidation sites excluding steroid dienone is 1. The fourth-order valence-electron chi connectivity index (χ4n) is 3.81. The minimum absolute atomic E-state index is 0.123. The zero-order chi connectivity index (χ0) is 22.3. The summed E-state index contributed by atoms with van der Waals surface area (Å²) in [5.41, 5.74) is 3.38. The predicted molar refractivity (Wildman–Crippen MR) is 135 cm³/mol. The number of carbonyl (C=O) groups excluding carboxylic acids is 1. The molecule has 2 aromatic carbocycles. The number of halogens is 1. The Bertz CT molecular complexity index is 1090. The first-order valence-electron chi connectivity index (χ1n) is 10.8. The third kappa shape index (κ3) is 5.88. The summed E-state index contributed by atoms with van der Waals surface area (Å²) in [5, 5.41) is 2.02. The molecule has 32 heavy (non-hydrogen) atoms. The Hall–Kier alpha value is -2.41. The number of piperazine rings is 1. The molecule has 0 unspecified atom stereocenters. The molecule has 0 aliphatic carbocycles. The Balaban J connectivity index is 1.29. The molecule has 4 rings (SSSR count). The van der Waals surface area contributed by atoms with Gasteiger partial charge in [0.15, 0.2) is 0 Å². The first-order chi connectivity index (χ1) is 15.6. The minimum atomic E-state index is 0.123. The Kier molecular flexibility index (Phi) is 7.79. The highest BCUT2D eigenvalue weighted by Crippen LogP contribution is 2.23. The van der Waals surface area contributed by atoms with Crippen molar-refractivity contribution in [3.63, 3.8) is 0 Å². The summed E-state index contributed by atoms with van der Waals surface area (Å²) < 4.78 is 7.12. The van der Waals surface area contributed by atoms with Crippen LogP contribution < -0.4 is 4.74 Å². The summed E-state index contributed by atoms with van der Waals surface area (Å²) in [6, 6.07) is 18.4. The van der Waals surface area contributed by atoms with Crippen LogP contribution in [0.25, 0.3) is 6.08 Å². The summed E-state index contributed by atoms with van der Waals surface area (Å²) in [6.45, 7) is 6.66. The van der Waals surface area contributed by atoms with Gasteiger partial charge in [-0.05, 0) is 42.1 Å². The third-order valence-electron chi connectivity index (χ3n) is 5.48. The largest absolute Gasteiger partial charge is 0.488 e. The zero-order valence-electron chi connectivity index (χ0n) is 18.2. The smallest absolute Gasteiger partial charge is 0.264 e. The van der Waals surface area contributed by atoms with Crippen molar-refractivity contribution in [3.05, 3.63) is 92.1 Å². The number of thiophene rings is 1. The highest BCUT2D eigenvalue weighted by molar-refractivity contribution is 9.10. The van der Waals surface area contributed by atoms with Crippen LogP contribution in [0.5, 0.6) is 5.75 Å². The molecule has 0 atom stereocenters. The summed E-state index contributed by atoms with van der Waals surface area (Å²) in [7, 11) is 0. The van der Waals surface area contributed by atoms with Crippen molar-refractivity contribution < 1.29 is 9.53 Å². The molecule has 3 aromatic rings. The van der Waals surface area contributed by atoms with Crippen LogP contribution in [-0.2, 0) is 13.2 Å². The topological polar surface area (TPSA) is 32.8 Å². The van der Waals surface area contributed by atoms with E-state index in [4.69, 9.17) is 4.74 Å². The lowest BCUT2D eigenvalue weighted by atomic mass is 10.2. The van der Waals surface area contributed by atoms with Gasteiger partial charge in [0.2, 0.25) is 0 Å². The summed E-state index contributed by atoms with van der Waals surface area (Å²) >= 11 is 5.04. The van der Waals surface area contributed by atoms with Gasteiger partial charge in [-0.25, -0.2) is 0 Å². The maximum Gasteiger partial charge on any atom is 0.264 e. The van der Waals surface area contributed by atoms with Gasteiger partial charge in [0.1, 0.15) is 12.4 Å². The van der Waals surface area contributed by atoms with E-state index in [0.29, 0.717) is 6.61 Å². The molecule has 0 bridgehead atoms. The fourth-order valence-corrected chi connectivity index (χ4v) is 5.12. The van der Waals surface area contributed by atoms with Crippen molar-refractivity contribution in [1.29, 1.82) is 0 Å². The first kappa shape index (κ1) is 22.8. The molecule has 1 amide bonds. The quantitative estimate of drug-likeness (QED) is 0.386. The van der Waals surface area contributed by atoms with Crippen molar-refractivity contribution in [3.8, 4) is 5.75 Å². The molecule has 0 N–H and O–H groups in total. The average Bonchev–Trinajstić information content (AvgIpc) is 3.28. The van der Waals surface area contributed by atoms with Gasteiger partial charge in [-0.1, -0.05) is 58.4 Å². The van der Waals surface area contributed by atoms with Crippen molar-refractivity contribution in [1.82, 2.24) is 9.80 Å². The predicted octanol–water partition coefficient (Wildman–Crippen LogP) is 6.08. The van der Waals surface area contributed by atoms with E-state index in [0.717, 1.165) is 59.0 Å². The molecule has 1 aliphatic rings. The number of carbonyl (C=O) groups is 1. The summed E-state index contributed by atoms with van der Waals surface area (Å²) in [4.78, 5) is 18.2. The lowest BCUT2D eigenvalue weighted by molar-refractivity contribution is 0.0633. The molecular weight excluding hydrogens is 484 g/mol. The van der Waals surface area contributed by atoms with Gasteiger partial charge in [0.05, 0.1) is 4.88 Å². The van der Waals surface area contributed by atoms with Crippen molar-refractivity contribution in [2.45, 2.75) is 20.1 Å². The molecule has 1 aromatic heterocycles. The van der Waals surface area contributed by atoms with Crippen LogP contribution in [0.2, 0.25) is 0 Å². The van der Waals surface area contributed by atoms with Crippen LogP contribution in [0.1, 0.15) is 33.3 Å². The zero-order valence-corrected chi connectivity index (χ0v) is 20.6. The van der Waals surface area contributed by atoms with Crippen molar-refractivity contribution in [2.24, 2.45) is 0 Å². The maximum atomic E-state index is 13.0. The van der Waals surface area contributed by atoms with E-state index in [1.165, 1.54) is 16.9 Å². The van der Waals surface area contributed by atoms with Crippen LogP contribution in [0.4, 0.5) is 0 Å². The van der Waals surface area contributed by atoms with Gasteiger partial charge in [0.25, 0.3) is 5.91 Å². The number of hydrogen-bond acceptors (Lipinski definition) is 4. The van der Waals surface area contributed by atoms with Gasteiger partial charge >= 0.3 is 0 Å². The first-order valence-corrected chi connectivity index (χ1v) is 12.5. The number of para-hydroxylation sites is 1. The molecule has 2 heterocycles. The van der Waals surface area contributed by atoms with Crippen LogP contribution in [-0.4, -0.2) is 41.9 Å². The van der Waals surface area contributed by atoms with Crippen molar-refractivity contribution >= 4 is 39.2 Å². The molecule has 0 spiro atoms. The number of amides is 1. The van der Waals surface area contributed by atoms with Crippen LogP contribution in [0.3, 0.4) is 0 Å². The Morgan fingerprint density at radius 1 is 1.06 bits per heavy atom. The molecule has 4 nitrogen and oxygen atoms in total. The van der Waals surface area contributed by atoms with Gasteiger partial charge in [-0.2, -0.15) is 0 Å². The number of rotatable bonds is 7. The van der Waals surface area contributed by atoms with E-state index in [-0.39, 0.29) is 5.91 Å². The summed E-state index contributed by atoms with van der Waals surface area (Å²) in [6.07, 6.45) is 4.04. The lowest BCUT2D eigenvalue weighted by Gasteiger charge is -2.34. The second-order valence-electron chi connectivity index (χ2n) is 7.84. The number of nitrogens with zero attached hydrogens (tertiary/aromatic N) is 2. The summed E-state index contributed by atoms with van der Waals surface area (Å²) in [5.74, 6) is 0.976. The highest BCUT2D eigenvalue weighted by Gasteiger charge is 2.23. The van der Waals surface area contributed by atoms with E-state index in [1.807, 2.05) is 65.8 Å². The maximum absolute atomic E-state index is 13.0. The van der Waals surface area contributed by atoms with Crippen LogP contribution in [0.15, 0.2) is 70.5 Å². The molecule has 1 saturated heterocycles. The second kappa shape index (κ2) is 10.9. The van der Waals surface area contributed by atoms with E-state index in [9.17, 15) is 4.79 Å². The fraction of sp³-hybridized carbons (Fsp3) is 0.269. The molecular formula is C26H27BrN2O2S. The van der Waals surface area contributed by atoms with Gasteiger partial charge in [-0.15, -0.1) is 11.3 Å². The molecule has 166 valence electrons. The monoisotopic (exact) mass is 510 g/mol. The lowest BCUT2D eigenvalue weighted by Crippen LogP contribution is -2.48. The highest BCUT2D eigenvalue weighted by atomic mass is 79.9. The van der Waals surface area contributed by atoms with E-state index >= 15 is 0 Å². The normalized spacial score (nSPS) is 14.8. The standard InChI is InChI=1S/C26H27BrN2O2S/c1-2-6-22-8-3-4-10-24(22)31-18-21-16-25(32-19-21)26(30)29-13-11-28(12-14-29)17-20-7-5-9-23(27)15-20/h2-10,15-16,19H,11-14,17-18H2,1H3/b6-2+. The van der Waals surface area contributed by atoms with E-state index in [2.05, 4.69) is 39.0 Å². The SMILES string of the molecule is C/C=C/c1ccccc1OCc1csc(C(=O)N2CCN(Cc3cccc(Br)c3)CC2)c1. The second-order valence-corrected chi connectivity index (χ2v) is 9.67. The molecule has 0 radical (unpaired) electrons. The molecule has 6 heteroatoms. The van der Waals surface area contributed by atoms with E-state index < -0.39 is 0 Å². The molecule has 0 saturated carbocycles. The third-order valence-corrected chi connectivity index (χ3v) is 6.94. The van der Waals surface area contributed by atoms with Gasteiger partial charge in [-0.3, -0.25) is 9.69 Å². The van der Waals surface area contributed by atoms with Gasteiger partial charge in [0, 0.05) is 48.3 Å². The number of ether oxygens (including phenoxy) is 1. The Morgan fingerprint density at radius 3 is 2.66 bits per heavy atom. The van der Waals surface area contributed by atoms with Crippen molar-refractivity contribution in [2.75, 3.05) is 26.2 Å². The Labute approximate surface area is 202 Å². The average molecular weight is 511 g/mol. The number of hydrogen-bond donors (Lipinski definition) is 0. The van der Waals surface area contributed by atoms with E-state index in [1.54, 1.807) is 0 Å². The van der Waals surface area contributed by atoms with Gasteiger partial charge < -0.3 is 9.64 Å². The molecule has 1 fully saturated rings. The minimum Gasteiger partial charge on any atom is -0.488 e. The Morgan fingerprint density at radius 2 is 1.88 bits per heavy atom. The van der Waals surface area contributed by atoms with Crippen LogP contribution in [0, 0.1) is 0 Å². The molecule has 1 aliphatic heterocycles.